The van der Waals surface area contributed by atoms with E-state index in [1.54, 1.807) is 13.0 Å². The van der Waals surface area contributed by atoms with Gasteiger partial charge in [-0.1, -0.05) is 19.3 Å². The van der Waals surface area contributed by atoms with Crippen molar-refractivity contribution in [2.45, 2.75) is 45.6 Å². The lowest BCUT2D eigenvalue weighted by atomic mass is 9.90. The van der Waals surface area contributed by atoms with Gasteiger partial charge in [0.1, 0.15) is 5.76 Å². The summed E-state index contributed by atoms with van der Waals surface area (Å²) in [6.07, 6.45) is 6.47. The largest absolute Gasteiger partial charge is 0.475 e. The molecule has 1 aromatic heterocycles. The lowest BCUT2D eigenvalue weighted by molar-refractivity contribution is 0.0660. The number of rotatable bonds is 5. The van der Waals surface area contributed by atoms with Crippen LogP contribution in [-0.2, 0) is 11.3 Å². The third-order valence-corrected chi connectivity index (χ3v) is 3.57. The van der Waals surface area contributed by atoms with Crippen LogP contribution in [0.25, 0.3) is 0 Å². The number of hydrogen-bond acceptors (Lipinski definition) is 3. The van der Waals surface area contributed by atoms with Gasteiger partial charge in [-0.2, -0.15) is 0 Å². The minimum absolute atomic E-state index is 0.0104. The van der Waals surface area contributed by atoms with Crippen molar-refractivity contribution in [1.29, 1.82) is 0 Å². The van der Waals surface area contributed by atoms with E-state index in [1.807, 2.05) is 0 Å². The van der Waals surface area contributed by atoms with Gasteiger partial charge in [0.15, 0.2) is 0 Å². The van der Waals surface area contributed by atoms with E-state index in [1.165, 1.54) is 32.1 Å². The van der Waals surface area contributed by atoms with E-state index in [-0.39, 0.29) is 5.76 Å². The molecule has 0 atom stereocenters. The van der Waals surface area contributed by atoms with Crippen LogP contribution in [0.15, 0.2) is 10.5 Å². The Kier molecular flexibility index (Phi) is 4.42. The van der Waals surface area contributed by atoms with E-state index in [9.17, 15) is 4.79 Å². The highest BCUT2D eigenvalue weighted by atomic mass is 16.5. The van der Waals surface area contributed by atoms with Gasteiger partial charge in [0.25, 0.3) is 0 Å². The minimum Gasteiger partial charge on any atom is -0.475 e. The maximum absolute atomic E-state index is 10.8. The summed E-state index contributed by atoms with van der Waals surface area (Å²) in [5.74, 6) is 0.265. The smallest absolute Gasteiger partial charge is 0.371 e. The molecule has 0 amide bonds. The van der Waals surface area contributed by atoms with Crippen molar-refractivity contribution in [3.8, 4) is 0 Å². The highest BCUT2D eigenvalue weighted by Gasteiger charge is 2.15. The third kappa shape index (κ3) is 3.35. The summed E-state index contributed by atoms with van der Waals surface area (Å²) in [4.78, 5) is 10.8. The molecule has 1 aliphatic rings. The van der Waals surface area contributed by atoms with Crippen LogP contribution in [0, 0.1) is 12.8 Å². The maximum atomic E-state index is 10.8. The van der Waals surface area contributed by atoms with Crippen LogP contribution in [0.4, 0.5) is 0 Å². The van der Waals surface area contributed by atoms with Gasteiger partial charge in [-0.15, -0.1) is 0 Å². The lowest BCUT2D eigenvalue weighted by Gasteiger charge is -2.21. The number of furan rings is 1. The van der Waals surface area contributed by atoms with Gasteiger partial charge in [-0.25, -0.2) is 4.79 Å². The second-order valence-corrected chi connectivity index (χ2v) is 5.02. The molecule has 0 saturated heterocycles. The molecule has 0 unspecified atom stereocenters. The molecule has 0 radical (unpaired) electrons. The van der Waals surface area contributed by atoms with Gasteiger partial charge in [0.2, 0.25) is 5.76 Å². The van der Waals surface area contributed by atoms with Gasteiger partial charge >= 0.3 is 5.97 Å². The first-order valence-corrected chi connectivity index (χ1v) is 6.57. The molecule has 2 rings (SSSR count). The van der Waals surface area contributed by atoms with Gasteiger partial charge < -0.3 is 14.3 Å². The summed E-state index contributed by atoms with van der Waals surface area (Å²) < 4.78 is 10.8. The molecule has 1 saturated carbocycles. The van der Waals surface area contributed by atoms with E-state index in [4.69, 9.17) is 14.3 Å². The highest BCUT2D eigenvalue weighted by Crippen LogP contribution is 2.24. The van der Waals surface area contributed by atoms with E-state index >= 15 is 0 Å². The van der Waals surface area contributed by atoms with Crippen LogP contribution >= 0.6 is 0 Å². The van der Waals surface area contributed by atoms with Crippen LogP contribution in [0.3, 0.4) is 0 Å². The summed E-state index contributed by atoms with van der Waals surface area (Å²) in [6.45, 7) is 2.98. The van der Waals surface area contributed by atoms with E-state index in [0.717, 1.165) is 12.2 Å². The molecule has 1 fully saturated rings. The highest BCUT2D eigenvalue weighted by molar-refractivity contribution is 5.84. The molecule has 1 N–H and O–H groups in total. The average molecular weight is 252 g/mol. The van der Waals surface area contributed by atoms with Crippen LogP contribution in [0.5, 0.6) is 0 Å². The molecular formula is C14H20O4. The molecule has 1 aliphatic carbocycles. The van der Waals surface area contributed by atoms with Crippen molar-refractivity contribution in [3.05, 3.63) is 23.2 Å². The molecule has 1 aromatic rings. The predicted molar refractivity (Wildman–Crippen MR) is 66.6 cm³/mol. The van der Waals surface area contributed by atoms with Crippen LogP contribution in [0.1, 0.15) is 54.0 Å². The number of carboxylic acids is 1. The Labute approximate surface area is 107 Å². The Bertz CT molecular complexity index is 402. The molecule has 1 heterocycles. The average Bonchev–Trinajstić information content (AvgIpc) is 2.73. The number of hydrogen-bond donors (Lipinski definition) is 1. The number of ether oxygens (including phenoxy) is 1. The standard InChI is InChI=1S/C14H20O4/c1-10-12(7-13(18-10)14(15)16)9-17-8-11-5-3-2-4-6-11/h7,11H,2-6,8-9H2,1H3,(H,15,16). The van der Waals surface area contributed by atoms with Gasteiger partial charge in [-0.05, 0) is 31.7 Å². The van der Waals surface area contributed by atoms with Crippen molar-refractivity contribution in [1.82, 2.24) is 0 Å². The Hall–Kier alpha value is -1.29. The molecule has 0 aliphatic heterocycles. The topological polar surface area (TPSA) is 59.7 Å². The molecule has 0 spiro atoms. The van der Waals surface area contributed by atoms with Crippen molar-refractivity contribution < 1.29 is 19.1 Å². The Morgan fingerprint density at radius 2 is 2.17 bits per heavy atom. The number of aryl methyl sites for hydroxylation is 1. The summed E-state index contributed by atoms with van der Waals surface area (Å²) in [5, 5.41) is 8.82. The molecule has 18 heavy (non-hydrogen) atoms. The van der Waals surface area contributed by atoms with Gasteiger partial charge in [0.05, 0.1) is 6.61 Å². The fourth-order valence-corrected chi connectivity index (χ4v) is 2.46. The Morgan fingerprint density at radius 1 is 1.44 bits per heavy atom. The van der Waals surface area contributed by atoms with Crippen LogP contribution < -0.4 is 0 Å². The van der Waals surface area contributed by atoms with E-state index < -0.39 is 5.97 Å². The van der Waals surface area contributed by atoms with Crippen LogP contribution in [-0.4, -0.2) is 17.7 Å². The Balaban J connectivity index is 1.80. The quantitative estimate of drug-likeness (QED) is 0.872. The first-order chi connectivity index (χ1) is 8.66. The molecule has 4 heteroatoms. The van der Waals surface area contributed by atoms with Crippen molar-refractivity contribution in [2.75, 3.05) is 6.61 Å². The number of carbonyl (C=O) groups is 1. The molecule has 4 nitrogen and oxygen atoms in total. The molecule has 0 bridgehead atoms. The zero-order valence-corrected chi connectivity index (χ0v) is 10.8. The SMILES string of the molecule is Cc1oc(C(=O)O)cc1COCC1CCCCC1. The normalized spacial score (nSPS) is 16.9. The second kappa shape index (κ2) is 6.05. The summed E-state index contributed by atoms with van der Waals surface area (Å²) in [7, 11) is 0. The fraction of sp³-hybridized carbons (Fsp3) is 0.643. The zero-order chi connectivity index (χ0) is 13.0. The maximum Gasteiger partial charge on any atom is 0.371 e. The van der Waals surface area contributed by atoms with E-state index in [2.05, 4.69) is 0 Å². The predicted octanol–water partition coefficient (Wildman–Crippen LogP) is 3.38. The zero-order valence-electron chi connectivity index (χ0n) is 10.8. The van der Waals surface area contributed by atoms with Crippen molar-refractivity contribution >= 4 is 5.97 Å². The first-order valence-electron chi connectivity index (χ1n) is 6.57. The molecular weight excluding hydrogens is 232 g/mol. The van der Waals surface area contributed by atoms with E-state index in [0.29, 0.717) is 18.3 Å². The van der Waals surface area contributed by atoms with Crippen LogP contribution in [0.2, 0.25) is 0 Å². The monoisotopic (exact) mass is 252 g/mol. The number of aromatic carboxylic acids is 1. The fourth-order valence-electron chi connectivity index (χ4n) is 2.46. The number of carboxylic acid groups (broad SMARTS) is 1. The molecule has 0 aromatic carbocycles. The minimum atomic E-state index is -1.03. The van der Waals surface area contributed by atoms with Crippen molar-refractivity contribution in [2.24, 2.45) is 5.92 Å². The molecule has 100 valence electrons. The summed E-state index contributed by atoms with van der Waals surface area (Å²) in [6, 6.07) is 1.55. The van der Waals surface area contributed by atoms with Gasteiger partial charge in [-0.3, -0.25) is 0 Å². The first kappa shape index (κ1) is 13.1. The summed E-state index contributed by atoms with van der Waals surface area (Å²) >= 11 is 0. The summed E-state index contributed by atoms with van der Waals surface area (Å²) in [5.41, 5.74) is 0.836. The van der Waals surface area contributed by atoms with Gasteiger partial charge in [0, 0.05) is 12.2 Å². The second-order valence-electron chi connectivity index (χ2n) is 5.02. The Morgan fingerprint density at radius 3 is 2.78 bits per heavy atom. The third-order valence-electron chi connectivity index (χ3n) is 3.57. The lowest BCUT2D eigenvalue weighted by Crippen LogP contribution is -2.13. The van der Waals surface area contributed by atoms with Crippen molar-refractivity contribution in [3.63, 3.8) is 0 Å².